The quantitative estimate of drug-likeness (QED) is 0.813. The molecule has 0 saturated heterocycles. The number of hydrogen-bond donors (Lipinski definition) is 0. The number of aromatic nitrogens is 1. The first-order valence-corrected chi connectivity index (χ1v) is 6.43. The third kappa shape index (κ3) is 3.91. The highest BCUT2D eigenvalue weighted by Crippen LogP contribution is 2.27. The molecule has 2 aromatic rings. The van der Waals surface area contributed by atoms with Crippen molar-refractivity contribution in [1.82, 2.24) is 4.57 Å². The van der Waals surface area contributed by atoms with E-state index in [1.807, 2.05) is 0 Å². The fourth-order valence-electron chi connectivity index (χ4n) is 1.91. The molecule has 0 N–H and O–H groups in total. The zero-order valence-electron chi connectivity index (χ0n) is 12.0. The van der Waals surface area contributed by atoms with Crippen LogP contribution in [0, 0.1) is 0 Å². The summed E-state index contributed by atoms with van der Waals surface area (Å²) >= 11 is 0. The zero-order valence-corrected chi connectivity index (χ0v) is 12.0. The van der Waals surface area contributed by atoms with Crippen LogP contribution in [0.1, 0.15) is 11.1 Å². The van der Waals surface area contributed by atoms with Gasteiger partial charge in [-0.25, -0.2) is 4.79 Å². The van der Waals surface area contributed by atoms with Gasteiger partial charge in [-0.15, -0.1) is 0 Å². The van der Waals surface area contributed by atoms with Crippen LogP contribution < -0.4 is 10.3 Å². The standard InChI is InChI=1S/C15H12F3NO4/c1-22-14(21)23-12-8-7-11(15(16,17)18)13(20)19(12)9-10-5-3-2-4-6-10/h2-8H,9H2,1H3. The summed E-state index contributed by atoms with van der Waals surface area (Å²) in [6.45, 7) is -0.185. The number of alkyl halides is 3. The summed E-state index contributed by atoms with van der Waals surface area (Å²) in [6, 6.07) is 9.82. The third-order valence-corrected chi connectivity index (χ3v) is 2.98. The van der Waals surface area contributed by atoms with Gasteiger partial charge in [0.2, 0.25) is 5.88 Å². The van der Waals surface area contributed by atoms with Crippen molar-refractivity contribution in [1.29, 1.82) is 0 Å². The van der Waals surface area contributed by atoms with Crippen molar-refractivity contribution < 1.29 is 27.4 Å². The van der Waals surface area contributed by atoms with Crippen molar-refractivity contribution >= 4 is 6.16 Å². The molecule has 0 amide bonds. The summed E-state index contributed by atoms with van der Waals surface area (Å²) in [7, 11) is 1.05. The molecular weight excluding hydrogens is 315 g/mol. The Balaban J connectivity index is 2.53. The highest BCUT2D eigenvalue weighted by Gasteiger charge is 2.35. The van der Waals surface area contributed by atoms with Gasteiger partial charge in [-0.05, 0) is 11.6 Å². The second-order valence-corrected chi connectivity index (χ2v) is 4.52. The predicted octanol–water partition coefficient (Wildman–Crippen LogP) is 3.06. The van der Waals surface area contributed by atoms with Crippen molar-refractivity contribution in [2.75, 3.05) is 7.11 Å². The Morgan fingerprint density at radius 1 is 1.13 bits per heavy atom. The molecule has 8 heteroatoms. The van der Waals surface area contributed by atoms with Crippen molar-refractivity contribution in [3.05, 3.63) is 63.9 Å². The predicted molar refractivity (Wildman–Crippen MR) is 74.3 cm³/mol. The molecular formula is C15H12F3NO4. The van der Waals surface area contributed by atoms with Gasteiger partial charge in [-0.3, -0.25) is 9.36 Å². The van der Waals surface area contributed by atoms with Crippen LogP contribution in [-0.4, -0.2) is 17.8 Å². The number of rotatable bonds is 3. The highest BCUT2D eigenvalue weighted by molar-refractivity contribution is 5.62. The Kier molecular flexibility index (Phi) is 4.73. The molecule has 1 aromatic heterocycles. The van der Waals surface area contributed by atoms with Gasteiger partial charge in [0.05, 0.1) is 13.7 Å². The van der Waals surface area contributed by atoms with E-state index >= 15 is 0 Å². The summed E-state index contributed by atoms with van der Waals surface area (Å²) < 4.78 is 48.4. The lowest BCUT2D eigenvalue weighted by Gasteiger charge is -2.15. The fraction of sp³-hybridized carbons (Fsp3) is 0.200. The van der Waals surface area contributed by atoms with Crippen LogP contribution in [0.25, 0.3) is 0 Å². The molecule has 0 aliphatic rings. The molecule has 23 heavy (non-hydrogen) atoms. The average Bonchev–Trinajstić information content (AvgIpc) is 2.50. The minimum atomic E-state index is -4.81. The molecule has 0 radical (unpaired) electrons. The molecule has 0 fully saturated rings. The lowest BCUT2D eigenvalue weighted by Crippen LogP contribution is -2.30. The Morgan fingerprint density at radius 2 is 1.78 bits per heavy atom. The van der Waals surface area contributed by atoms with E-state index in [1.165, 1.54) is 0 Å². The average molecular weight is 327 g/mol. The number of halogens is 3. The van der Waals surface area contributed by atoms with Gasteiger partial charge in [0.25, 0.3) is 5.56 Å². The first kappa shape index (κ1) is 16.6. The van der Waals surface area contributed by atoms with E-state index in [-0.39, 0.29) is 12.4 Å². The molecule has 1 aromatic carbocycles. The van der Waals surface area contributed by atoms with Crippen molar-refractivity contribution in [3.63, 3.8) is 0 Å². The van der Waals surface area contributed by atoms with Gasteiger partial charge in [0.1, 0.15) is 5.56 Å². The maximum absolute atomic E-state index is 12.9. The molecule has 0 unspecified atom stereocenters. The molecule has 122 valence electrons. The summed E-state index contributed by atoms with van der Waals surface area (Å²) in [5.41, 5.74) is -2.07. The number of pyridine rings is 1. The Labute approximate surface area is 128 Å². The van der Waals surface area contributed by atoms with Crippen molar-refractivity contribution in [3.8, 4) is 5.88 Å². The normalized spacial score (nSPS) is 11.1. The van der Waals surface area contributed by atoms with Crippen LogP contribution in [0.3, 0.4) is 0 Å². The monoisotopic (exact) mass is 327 g/mol. The number of carbonyl (C=O) groups excluding carboxylic acids is 1. The fourth-order valence-corrected chi connectivity index (χ4v) is 1.91. The van der Waals surface area contributed by atoms with Crippen molar-refractivity contribution in [2.24, 2.45) is 0 Å². The summed E-state index contributed by atoms with van der Waals surface area (Å²) in [5, 5.41) is 0. The molecule has 1 heterocycles. The van der Waals surface area contributed by atoms with Crippen LogP contribution in [0.5, 0.6) is 5.88 Å². The summed E-state index contributed by atoms with van der Waals surface area (Å²) in [5.74, 6) is -0.335. The minimum Gasteiger partial charge on any atom is -0.437 e. The number of methoxy groups -OCH3 is 1. The van der Waals surface area contributed by atoms with Gasteiger partial charge in [-0.1, -0.05) is 30.3 Å². The molecule has 0 aliphatic heterocycles. The Morgan fingerprint density at radius 3 is 2.35 bits per heavy atom. The molecule has 0 bridgehead atoms. The third-order valence-electron chi connectivity index (χ3n) is 2.98. The molecule has 5 nitrogen and oxygen atoms in total. The zero-order chi connectivity index (χ0) is 17.0. The minimum absolute atomic E-state index is 0.185. The number of hydrogen-bond acceptors (Lipinski definition) is 4. The van der Waals surface area contributed by atoms with E-state index in [9.17, 15) is 22.8 Å². The van der Waals surface area contributed by atoms with Crippen LogP contribution in [-0.2, 0) is 17.5 Å². The molecule has 0 aliphatic carbocycles. The first-order valence-electron chi connectivity index (χ1n) is 6.43. The van der Waals surface area contributed by atoms with Crippen LogP contribution in [0.2, 0.25) is 0 Å². The van der Waals surface area contributed by atoms with Crippen LogP contribution >= 0.6 is 0 Å². The molecule has 2 rings (SSSR count). The maximum atomic E-state index is 12.9. The number of carbonyl (C=O) groups is 1. The van der Waals surface area contributed by atoms with Gasteiger partial charge in [-0.2, -0.15) is 13.2 Å². The van der Waals surface area contributed by atoms with E-state index in [2.05, 4.69) is 4.74 Å². The SMILES string of the molecule is COC(=O)Oc1ccc(C(F)(F)F)c(=O)n1Cc1ccccc1. The van der Waals surface area contributed by atoms with E-state index in [4.69, 9.17) is 4.74 Å². The topological polar surface area (TPSA) is 57.5 Å². The molecule has 0 atom stereocenters. The summed E-state index contributed by atoms with van der Waals surface area (Å²) in [6.07, 6.45) is -5.94. The largest absolute Gasteiger partial charge is 0.514 e. The van der Waals surface area contributed by atoms with E-state index in [0.717, 1.165) is 17.7 Å². The van der Waals surface area contributed by atoms with Gasteiger partial charge >= 0.3 is 12.3 Å². The maximum Gasteiger partial charge on any atom is 0.514 e. The van der Waals surface area contributed by atoms with E-state index in [0.29, 0.717) is 11.6 Å². The first-order chi connectivity index (χ1) is 10.8. The number of ether oxygens (including phenoxy) is 2. The number of benzene rings is 1. The number of nitrogens with zero attached hydrogens (tertiary/aromatic N) is 1. The van der Waals surface area contributed by atoms with E-state index < -0.39 is 23.5 Å². The van der Waals surface area contributed by atoms with Crippen LogP contribution in [0.4, 0.5) is 18.0 Å². The van der Waals surface area contributed by atoms with Crippen molar-refractivity contribution in [2.45, 2.75) is 12.7 Å². The van der Waals surface area contributed by atoms with Gasteiger partial charge in [0.15, 0.2) is 0 Å². The lowest BCUT2D eigenvalue weighted by molar-refractivity contribution is -0.139. The second-order valence-electron chi connectivity index (χ2n) is 4.52. The lowest BCUT2D eigenvalue weighted by atomic mass is 10.2. The van der Waals surface area contributed by atoms with E-state index in [1.54, 1.807) is 30.3 Å². The van der Waals surface area contributed by atoms with Crippen LogP contribution in [0.15, 0.2) is 47.3 Å². The van der Waals surface area contributed by atoms with Gasteiger partial charge in [0, 0.05) is 6.07 Å². The highest BCUT2D eigenvalue weighted by atomic mass is 19.4. The Bertz CT molecular complexity index is 754. The smallest absolute Gasteiger partial charge is 0.437 e. The van der Waals surface area contributed by atoms with Gasteiger partial charge < -0.3 is 9.47 Å². The second kappa shape index (κ2) is 6.55. The summed E-state index contributed by atoms with van der Waals surface area (Å²) in [4.78, 5) is 23.3. The molecule has 0 spiro atoms. The Hall–Kier alpha value is -2.77. The molecule has 0 saturated carbocycles.